The zero-order chi connectivity index (χ0) is 12.2. The van der Waals surface area contributed by atoms with Gasteiger partial charge in [-0.15, -0.1) is 0 Å². The SMILES string of the molecule is CC(C)(O)OC(CCO)c1ccccc1Cl. The number of aliphatic hydroxyl groups is 2. The summed E-state index contributed by atoms with van der Waals surface area (Å²) >= 11 is 6.04. The molecule has 1 aromatic rings. The van der Waals surface area contributed by atoms with Gasteiger partial charge < -0.3 is 14.9 Å². The normalized spacial score (nSPS) is 13.8. The summed E-state index contributed by atoms with van der Waals surface area (Å²) in [6.45, 7) is 3.08. The van der Waals surface area contributed by atoms with E-state index < -0.39 is 11.9 Å². The highest BCUT2D eigenvalue weighted by atomic mass is 35.5. The van der Waals surface area contributed by atoms with Crippen LogP contribution >= 0.6 is 11.6 Å². The van der Waals surface area contributed by atoms with E-state index in [9.17, 15) is 5.11 Å². The standard InChI is InChI=1S/C12H17ClO3/c1-12(2,15)16-11(7-8-14)9-5-3-4-6-10(9)13/h3-6,11,14-15H,7-8H2,1-2H3. The molecule has 0 aromatic heterocycles. The van der Waals surface area contributed by atoms with Crippen molar-refractivity contribution in [3.05, 3.63) is 34.9 Å². The van der Waals surface area contributed by atoms with Crippen molar-refractivity contribution in [1.29, 1.82) is 0 Å². The summed E-state index contributed by atoms with van der Waals surface area (Å²) in [5.41, 5.74) is 0.778. The third kappa shape index (κ3) is 4.10. The fraction of sp³-hybridized carbons (Fsp3) is 0.500. The van der Waals surface area contributed by atoms with Gasteiger partial charge in [0.2, 0.25) is 0 Å². The Kier molecular flexibility index (Phi) is 4.74. The summed E-state index contributed by atoms with van der Waals surface area (Å²) in [6, 6.07) is 7.26. The molecule has 0 aliphatic carbocycles. The van der Waals surface area contributed by atoms with Crippen LogP contribution < -0.4 is 0 Å². The molecule has 0 saturated carbocycles. The molecule has 1 rings (SSSR count). The van der Waals surface area contributed by atoms with Crippen LogP contribution in [0.2, 0.25) is 5.02 Å². The van der Waals surface area contributed by atoms with Gasteiger partial charge in [0.25, 0.3) is 0 Å². The Morgan fingerprint density at radius 2 is 2.00 bits per heavy atom. The summed E-state index contributed by atoms with van der Waals surface area (Å²) < 4.78 is 5.46. The van der Waals surface area contributed by atoms with Gasteiger partial charge in [0.1, 0.15) is 0 Å². The Labute approximate surface area is 101 Å². The van der Waals surface area contributed by atoms with E-state index in [1.54, 1.807) is 19.9 Å². The molecule has 4 heteroatoms. The van der Waals surface area contributed by atoms with E-state index in [1.165, 1.54) is 0 Å². The van der Waals surface area contributed by atoms with Crippen LogP contribution in [-0.2, 0) is 4.74 Å². The van der Waals surface area contributed by atoms with E-state index in [-0.39, 0.29) is 6.61 Å². The molecule has 1 atom stereocenters. The third-order valence-electron chi connectivity index (χ3n) is 2.07. The van der Waals surface area contributed by atoms with Crippen LogP contribution in [0, 0.1) is 0 Å². The van der Waals surface area contributed by atoms with Gasteiger partial charge in [-0.05, 0) is 25.5 Å². The molecular formula is C12H17ClO3. The second-order valence-electron chi connectivity index (χ2n) is 4.09. The molecule has 0 amide bonds. The zero-order valence-corrected chi connectivity index (χ0v) is 10.2. The van der Waals surface area contributed by atoms with Crippen molar-refractivity contribution >= 4 is 11.6 Å². The van der Waals surface area contributed by atoms with Crippen molar-refractivity contribution in [2.24, 2.45) is 0 Å². The van der Waals surface area contributed by atoms with E-state index in [4.69, 9.17) is 21.4 Å². The van der Waals surface area contributed by atoms with Gasteiger partial charge >= 0.3 is 0 Å². The first-order valence-corrected chi connectivity index (χ1v) is 5.57. The van der Waals surface area contributed by atoms with Gasteiger partial charge in [0, 0.05) is 18.1 Å². The predicted molar refractivity (Wildman–Crippen MR) is 63.3 cm³/mol. The van der Waals surface area contributed by atoms with Crippen molar-refractivity contribution in [1.82, 2.24) is 0 Å². The van der Waals surface area contributed by atoms with Crippen LogP contribution in [0.1, 0.15) is 31.9 Å². The summed E-state index contributed by atoms with van der Waals surface area (Å²) in [4.78, 5) is 0. The van der Waals surface area contributed by atoms with Gasteiger partial charge in [-0.2, -0.15) is 0 Å². The fourth-order valence-corrected chi connectivity index (χ4v) is 1.74. The molecule has 1 aromatic carbocycles. The van der Waals surface area contributed by atoms with Gasteiger partial charge in [0.05, 0.1) is 6.10 Å². The molecule has 0 bridgehead atoms. The van der Waals surface area contributed by atoms with Crippen molar-refractivity contribution in [2.45, 2.75) is 32.2 Å². The van der Waals surface area contributed by atoms with E-state index in [2.05, 4.69) is 0 Å². The number of rotatable bonds is 5. The molecule has 90 valence electrons. The van der Waals surface area contributed by atoms with Crippen molar-refractivity contribution in [3.63, 3.8) is 0 Å². The number of halogens is 1. The second kappa shape index (κ2) is 5.64. The Morgan fingerprint density at radius 3 is 2.50 bits per heavy atom. The Balaban J connectivity index is 2.89. The van der Waals surface area contributed by atoms with E-state index in [0.29, 0.717) is 11.4 Å². The van der Waals surface area contributed by atoms with Crippen LogP contribution in [0.3, 0.4) is 0 Å². The average molecular weight is 245 g/mol. The number of ether oxygens (including phenoxy) is 1. The fourth-order valence-electron chi connectivity index (χ4n) is 1.48. The zero-order valence-electron chi connectivity index (χ0n) is 9.48. The third-order valence-corrected chi connectivity index (χ3v) is 2.42. The minimum absolute atomic E-state index is 0.0219. The molecule has 0 heterocycles. The molecule has 2 N–H and O–H groups in total. The topological polar surface area (TPSA) is 49.7 Å². The summed E-state index contributed by atoms with van der Waals surface area (Å²) in [5.74, 6) is -1.25. The number of hydrogen-bond donors (Lipinski definition) is 2. The highest BCUT2D eigenvalue weighted by molar-refractivity contribution is 6.31. The Bertz CT molecular complexity index is 333. The monoisotopic (exact) mass is 244 g/mol. The molecule has 0 saturated heterocycles. The van der Waals surface area contributed by atoms with Crippen molar-refractivity contribution in [2.75, 3.05) is 6.61 Å². The first-order chi connectivity index (χ1) is 7.44. The lowest BCUT2D eigenvalue weighted by molar-refractivity contribution is -0.210. The van der Waals surface area contributed by atoms with Crippen LogP contribution in [0.15, 0.2) is 24.3 Å². The molecule has 3 nitrogen and oxygen atoms in total. The number of benzene rings is 1. The Morgan fingerprint density at radius 1 is 1.38 bits per heavy atom. The second-order valence-corrected chi connectivity index (χ2v) is 4.49. The lowest BCUT2D eigenvalue weighted by atomic mass is 10.1. The largest absolute Gasteiger partial charge is 0.396 e. The molecule has 0 fully saturated rings. The minimum atomic E-state index is -1.25. The molecule has 0 aliphatic heterocycles. The van der Waals surface area contributed by atoms with Crippen molar-refractivity contribution < 1.29 is 14.9 Å². The van der Waals surface area contributed by atoms with Gasteiger partial charge in [-0.1, -0.05) is 29.8 Å². The number of hydrogen-bond acceptors (Lipinski definition) is 3. The molecule has 0 aliphatic rings. The molecular weight excluding hydrogens is 228 g/mol. The van der Waals surface area contributed by atoms with Crippen molar-refractivity contribution in [3.8, 4) is 0 Å². The summed E-state index contributed by atoms with van der Waals surface area (Å²) in [7, 11) is 0. The van der Waals surface area contributed by atoms with E-state index >= 15 is 0 Å². The summed E-state index contributed by atoms with van der Waals surface area (Å²) in [5, 5.41) is 19.2. The van der Waals surface area contributed by atoms with E-state index in [1.807, 2.05) is 18.2 Å². The van der Waals surface area contributed by atoms with Crippen LogP contribution in [0.4, 0.5) is 0 Å². The number of aliphatic hydroxyl groups excluding tert-OH is 1. The summed E-state index contributed by atoms with van der Waals surface area (Å²) in [6.07, 6.45) is -0.00743. The van der Waals surface area contributed by atoms with Crippen LogP contribution in [0.25, 0.3) is 0 Å². The maximum Gasteiger partial charge on any atom is 0.160 e. The molecule has 16 heavy (non-hydrogen) atoms. The maximum absolute atomic E-state index is 9.62. The van der Waals surface area contributed by atoms with E-state index in [0.717, 1.165) is 5.56 Å². The minimum Gasteiger partial charge on any atom is -0.396 e. The van der Waals surface area contributed by atoms with Crippen LogP contribution in [0.5, 0.6) is 0 Å². The first kappa shape index (κ1) is 13.5. The quantitative estimate of drug-likeness (QED) is 0.783. The Hall–Kier alpha value is -0.610. The lowest BCUT2D eigenvalue weighted by Gasteiger charge is -2.26. The van der Waals surface area contributed by atoms with Gasteiger partial charge in [-0.3, -0.25) is 0 Å². The van der Waals surface area contributed by atoms with Gasteiger partial charge in [0.15, 0.2) is 5.79 Å². The van der Waals surface area contributed by atoms with Gasteiger partial charge in [-0.25, -0.2) is 0 Å². The molecule has 0 spiro atoms. The first-order valence-electron chi connectivity index (χ1n) is 5.19. The highest BCUT2D eigenvalue weighted by Gasteiger charge is 2.23. The molecule has 1 unspecified atom stereocenters. The highest BCUT2D eigenvalue weighted by Crippen LogP contribution is 2.30. The van der Waals surface area contributed by atoms with Crippen LogP contribution in [-0.4, -0.2) is 22.6 Å². The predicted octanol–water partition coefficient (Wildman–Crippen LogP) is 2.51. The lowest BCUT2D eigenvalue weighted by Crippen LogP contribution is -2.26. The maximum atomic E-state index is 9.62. The smallest absolute Gasteiger partial charge is 0.160 e. The average Bonchev–Trinajstić information content (AvgIpc) is 2.16. The molecule has 0 radical (unpaired) electrons.